The lowest BCUT2D eigenvalue weighted by Crippen LogP contribution is -2.50. The van der Waals surface area contributed by atoms with Crippen LogP contribution in [-0.4, -0.2) is 39.5 Å². The zero-order chi connectivity index (χ0) is 19.6. The lowest BCUT2D eigenvalue weighted by Gasteiger charge is -2.34. The van der Waals surface area contributed by atoms with E-state index in [1.807, 2.05) is 13.8 Å². The van der Waals surface area contributed by atoms with E-state index >= 15 is 0 Å². The maximum atomic E-state index is 12.9. The standard InChI is InChI=1S/C19H22Cl2N4O2/c1-11(2)15-10-16(24-23-15)19(27)25-8-4-3-5-17(25)18(26)22-14-7-6-12(20)9-13(14)21/h6-7,9-11,17H,3-5,8H2,1-2H3,(H,22,26)(H,23,24). The Balaban J connectivity index is 1.77. The maximum absolute atomic E-state index is 12.9. The van der Waals surface area contributed by atoms with Crippen LogP contribution in [0, 0.1) is 0 Å². The highest BCUT2D eigenvalue weighted by Crippen LogP contribution is 2.27. The Morgan fingerprint density at radius 3 is 2.70 bits per heavy atom. The lowest BCUT2D eigenvalue weighted by atomic mass is 10.0. The second-order valence-electron chi connectivity index (χ2n) is 6.99. The Kier molecular flexibility index (Phi) is 6.07. The predicted molar refractivity (Wildman–Crippen MR) is 106 cm³/mol. The van der Waals surface area contributed by atoms with E-state index in [0.29, 0.717) is 34.4 Å². The molecule has 1 atom stereocenters. The SMILES string of the molecule is CC(C)c1cc(C(=O)N2CCCCC2C(=O)Nc2ccc(Cl)cc2Cl)n[nH]1. The molecule has 3 rings (SSSR count). The molecule has 0 aliphatic carbocycles. The van der Waals surface area contributed by atoms with Gasteiger partial charge in [-0.3, -0.25) is 14.7 Å². The van der Waals surface area contributed by atoms with Crippen molar-refractivity contribution >= 4 is 40.7 Å². The number of aromatic nitrogens is 2. The highest BCUT2D eigenvalue weighted by molar-refractivity contribution is 6.36. The first-order valence-electron chi connectivity index (χ1n) is 8.99. The van der Waals surface area contributed by atoms with Crippen molar-refractivity contribution in [1.29, 1.82) is 0 Å². The molecule has 1 aliphatic rings. The highest BCUT2D eigenvalue weighted by Gasteiger charge is 2.34. The first kappa shape index (κ1) is 19.7. The minimum atomic E-state index is -0.558. The van der Waals surface area contributed by atoms with Crippen molar-refractivity contribution in [3.05, 3.63) is 45.7 Å². The van der Waals surface area contributed by atoms with E-state index in [4.69, 9.17) is 23.2 Å². The average molecular weight is 409 g/mol. The molecule has 2 N–H and O–H groups in total. The third kappa shape index (κ3) is 4.45. The van der Waals surface area contributed by atoms with Crippen molar-refractivity contribution in [2.75, 3.05) is 11.9 Å². The van der Waals surface area contributed by atoms with Gasteiger partial charge in [-0.25, -0.2) is 0 Å². The van der Waals surface area contributed by atoms with E-state index in [2.05, 4.69) is 15.5 Å². The van der Waals surface area contributed by atoms with Crippen LogP contribution in [0.4, 0.5) is 5.69 Å². The molecule has 1 aliphatic heterocycles. The van der Waals surface area contributed by atoms with Gasteiger partial charge in [-0.2, -0.15) is 5.10 Å². The molecule has 1 aromatic heterocycles. The number of nitrogens with zero attached hydrogens (tertiary/aromatic N) is 2. The maximum Gasteiger partial charge on any atom is 0.275 e. The number of halogens is 2. The van der Waals surface area contributed by atoms with Gasteiger partial charge in [0.25, 0.3) is 5.91 Å². The Hall–Kier alpha value is -2.05. The average Bonchev–Trinajstić information content (AvgIpc) is 3.14. The Bertz CT molecular complexity index is 850. The van der Waals surface area contributed by atoms with E-state index in [-0.39, 0.29) is 17.7 Å². The molecule has 1 fully saturated rings. The summed E-state index contributed by atoms with van der Waals surface area (Å²) >= 11 is 12.0. The molecule has 1 saturated heterocycles. The van der Waals surface area contributed by atoms with Crippen molar-refractivity contribution in [2.45, 2.75) is 45.1 Å². The third-order valence-electron chi connectivity index (χ3n) is 4.69. The zero-order valence-corrected chi connectivity index (χ0v) is 16.8. The van der Waals surface area contributed by atoms with Crippen LogP contribution in [-0.2, 0) is 4.79 Å². The fourth-order valence-corrected chi connectivity index (χ4v) is 3.60. The molecular formula is C19H22Cl2N4O2. The van der Waals surface area contributed by atoms with Gasteiger partial charge in [0.1, 0.15) is 11.7 Å². The summed E-state index contributed by atoms with van der Waals surface area (Å²) in [7, 11) is 0. The lowest BCUT2D eigenvalue weighted by molar-refractivity contribution is -0.121. The summed E-state index contributed by atoms with van der Waals surface area (Å²) < 4.78 is 0. The molecule has 1 aromatic carbocycles. The van der Waals surface area contributed by atoms with E-state index in [9.17, 15) is 9.59 Å². The van der Waals surface area contributed by atoms with Crippen LogP contribution in [0.5, 0.6) is 0 Å². The summed E-state index contributed by atoms with van der Waals surface area (Å²) in [5.41, 5.74) is 1.71. The Morgan fingerprint density at radius 1 is 1.26 bits per heavy atom. The molecule has 27 heavy (non-hydrogen) atoms. The van der Waals surface area contributed by atoms with Crippen LogP contribution in [0.1, 0.15) is 55.2 Å². The number of hydrogen-bond donors (Lipinski definition) is 2. The number of nitrogens with one attached hydrogen (secondary N) is 2. The van der Waals surface area contributed by atoms with Crippen LogP contribution in [0.3, 0.4) is 0 Å². The largest absolute Gasteiger partial charge is 0.325 e. The van der Waals surface area contributed by atoms with Gasteiger partial charge in [0, 0.05) is 17.3 Å². The quantitative estimate of drug-likeness (QED) is 0.782. The fraction of sp³-hybridized carbons (Fsp3) is 0.421. The van der Waals surface area contributed by atoms with Crippen LogP contribution in [0.15, 0.2) is 24.3 Å². The molecule has 2 aromatic rings. The topological polar surface area (TPSA) is 78.1 Å². The molecular weight excluding hydrogens is 387 g/mol. The number of carbonyl (C=O) groups excluding carboxylic acids is 2. The Morgan fingerprint density at radius 2 is 2.04 bits per heavy atom. The Labute approximate surface area is 168 Å². The molecule has 8 heteroatoms. The minimum absolute atomic E-state index is 0.236. The van der Waals surface area contributed by atoms with E-state index < -0.39 is 6.04 Å². The fourth-order valence-electron chi connectivity index (χ4n) is 3.14. The summed E-state index contributed by atoms with van der Waals surface area (Å²) in [6.07, 6.45) is 2.34. The summed E-state index contributed by atoms with van der Waals surface area (Å²) in [5, 5.41) is 10.7. The van der Waals surface area contributed by atoms with Gasteiger partial charge in [0.2, 0.25) is 5.91 Å². The normalized spacial score (nSPS) is 17.2. The number of anilines is 1. The number of benzene rings is 1. The molecule has 0 spiro atoms. The smallest absolute Gasteiger partial charge is 0.275 e. The second-order valence-corrected chi connectivity index (χ2v) is 7.83. The number of carbonyl (C=O) groups is 2. The molecule has 1 unspecified atom stereocenters. The van der Waals surface area contributed by atoms with Gasteiger partial charge in [0.05, 0.1) is 10.7 Å². The third-order valence-corrected chi connectivity index (χ3v) is 5.24. The molecule has 2 amide bonds. The molecule has 144 valence electrons. The molecule has 0 bridgehead atoms. The molecule has 0 radical (unpaired) electrons. The van der Waals surface area contributed by atoms with Crippen LogP contribution >= 0.6 is 23.2 Å². The van der Waals surface area contributed by atoms with Crippen molar-refractivity contribution in [2.24, 2.45) is 0 Å². The van der Waals surface area contributed by atoms with Crippen LogP contribution in [0.25, 0.3) is 0 Å². The first-order chi connectivity index (χ1) is 12.9. The predicted octanol–water partition coefficient (Wildman–Crippen LogP) is 4.47. The van der Waals surface area contributed by atoms with E-state index in [1.54, 1.807) is 29.2 Å². The van der Waals surface area contributed by atoms with Gasteiger partial charge in [-0.05, 0) is 49.4 Å². The highest BCUT2D eigenvalue weighted by atomic mass is 35.5. The second kappa shape index (κ2) is 8.31. The van der Waals surface area contributed by atoms with Gasteiger partial charge >= 0.3 is 0 Å². The van der Waals surface area contributed by atoms with Gasteiger partial charge in [-0.1, -0.05) is 37.0 Å². The monoisotopic (exact) mass is 408 g/mol. The zero-order valence-electron chi connectivity index (χ0n) is 15.3. The van der Waals surface area contributed by atoms with Crippen LogP contribution in [0.2, 0.25) is 10.0 Å². The number of H-pyrrole nitrogens is 1. The summed E-state index contributed by atoms with van der Waals surface area (Å²) in [6, 6.07) is 6.08. The number of likely N-dealkylation sites (tertiary alicyclic amines) is 1. The number of amides is 2. The van der Waals surface area contributed by atoms with Crippen molar-refractivity contribution < 1.29 is 9.59 Å². The molecule has 0 saturated carbocycles. The number of aromatic amines is 1. The summed E-state index contributed by atoms with van der Waals surface area (Å²) in [6.45, 7) is 4.57. The van der Waals surface area contributed by atoms with Gasteiger partial charge in [0.15, 0.2) is 0 Å². The molecule has 2 heterocycles. The number of piperidine rings is 1. The van der Waals surface area contributed by atoms with Crippen molar-refractivity contribution in [3.63, 3.8) is 0 Å². The number of rotatable bonds is 4. The minimum Gasteiger partial charge on any atom is -0.325 e. The van der Waals surface area contributed by atoms with E-state index in [0.717, 1.165) is 18.5 Å². The first-order valence-corrected chi connectivity index (χ1v) is 9.74. The van der Waals surface area contributed by atoms with Gasteiger partial charge < -0.3 is 10.2 Å². The summed E-state index contributed by atoms with van der Waals surface area (Å²) in [5.74, 6) is -0.251. The van der Waals surface area contributed by atoms with Gasteiger partial charge in [-0.15, -0.1) is 0 Å². The van der Waals surface area contributed by atoms with Crippen LogP contribution < -0.4 is 5.32 Å². The molecule has 6 nitrogen and oxygen atoms in total. The summed E-state index contributed by atoms with van der Waals surface area (Å²) in [4.78, 5) is 27.4. The number of hydrogen-bond acceptors (Lipinski definition) is 3. The van der Waals surface area contributed by atoms with E-state index in [1.165, 1.54) is 0 Å². The van der Waals surface area contributed by atoms with Crippen molar-refractivity contribution in [3.8, 4) is 0 Å². The van der Waals surface area contributed by atoms with Crippen molar-refractivity contribution in [1.82, 2.24) is 15.1 Å².